The van der Waals surface area contributed by atoms with E-state index in [1.165, 1.54) is 0 Å². The van der Waals surface area contributed by atoms with Crippen LogP contribution in [0.5, 0.6) is 0 Å². The monoisotopic (exact) mass is 291 g/mol. The van der Waals surface area contributed by atoms with Crippen LogP contribution < -0.4 is 0 Å². The lowest BCUT2D eigenvalue weighted by atomic mass is 10.1. The number of esters is 1. The maximum atomic E-state index is 11.9. The second-order valence-corrected chi connectivity index (χ2v) is 6.24. The van der Waals surface area contributed by atoms with Crippen LogP contribution in [-0.2, 0) is 20.8 Å². The molecule has 0 unspecified atom stereocenters. The Morgan fingerprint density at radius 1 is 1.19 bits per heavy atom. The average Bonchev–Trinajstić information content (AvgIpc) is 2.34. The lowest BCUT2D eigenvalue weighted by molar-refractivity contribution is -0.153. The van der Waals surface area contributed by atoms with Gasteiger partial charge in [-0.3, -0.25) is 4.79 Å². The van der Waals surface area contributed by atoms with E-state index in [4.69, 9.17) is 9.57 Å². The summed E-state index contributed by atoms with van der Waals surface area (Å²) in [6.07, 6.45) is 0.695. The van der Waals surface area contributed by atoms with Crippen LogP contribution in [0.25, 0.3) is 0 Å². The normalized spacial score (nSPS) is 12.4. The summed E-state index contributed by atoms with van der Waals surface area (Å²) in [5, 5.41) is 4.10. The van der Waals surface area contributed by atoms with Crippen molar-refractivity contribution in [2.75, 3.05) is 0 Å². The van der Waals surface area contributed by atoms with Gasteiger partial charge in [-0.2, -0.15) is 0 Å². The molecule has 0 aromatic heterocycles. The van der Waals surface area contributed by atoms with Gasteiger partial charge in [-0.25, -0.2) is 0 Å². The first-order chi connectivity index (χ1) is 9.76. The second kappa shape index (κ2) is 7.81. The molecule has 0 N–H and O–H groups in total. The van der Waals surface area contributed by atoms with Gasteiger partial charge in [0.1, 0.15) is 11.7 Å². The van der Waals surface area contributed by atoms with Crippen molar-refractivity contribution in [2.45, 2.75) is 59.2 Å². The number of rotatable bonds is 6. The van der Waals surface area contributed by atoms with Crippen LogP contribution in [-0.4, -0.2) is 23.4 Å². The van der Waals surface area contributed by atoms with Crippen molar-refractivity contribution in [1.82, 2.24) is 0 Å². The van der Waals surface area contributed by atoms with Crippen LogP contribution in [0, 0.1) is 0 Å². The Hall–Kier alpha value is -1.84. The minimum absolute atomic E-state index is 0.0191. The third-order valence-electron chi connectivity index (χ3n) is 2.41. The van der Waals surface area contributed by atoms with E-state index in [0.717, 1.165) is 5.56 Å². The van der Waals surface area contributed by atoms with Crippen LogP contribution in [0.15, 0.2) is 35.5 Å². The fraction of sp³-hybridized carbons (Fsp3) is 0.529. The predicted octanol–water partition coefficient (Wildman–Crippen LogP) is 3.74. The Kier molecular flexibility index (Phi) is 6.40. The van der Waals surface area contributed by atoms with Gasteiger partial charge in [0.25, 0.3) is 0 Å². The number of carbonyl (C=O) groups is 1. The molecular weight excluding hydrogens is 266 g/mol. The maximum absolute atomic E-state index is 11.9. The molecule has 4 nitrogen and oxygen atoms in total. The summed E-state index contributed by atoms with van der Waals surface area (Å²) in [7, 11) is 0. The zero-order valence-corrected chi connectivity index (χ0v) is 13.6. The highest BCUT2D eigenvalue weighted by molar-refractivity contribution is 5.99. The number of benzene rings is 1. The first kappa shape index (κ1) is 17.2. The number of hydrogen-bond donors (Lipinski definition) is 0. The Labute approximate surface area is 127 Å². The van der Waals surface area contributed by atoms with E-state index >= 15 is 0 Å². The van der Waals surface area contributed by atoms with E-state index in [0.29, 0.717) is 12.1 Å². The Bertz CT molecular complexity index is 473. The highest BCUT2D eigenvalue weighted by atomic mass is 16.6. The molecule has 0 fully saturated rings. The molecule has 0 aliphatic carbocycles. The first-order valence-corrected chi connectivity index (χ1v) is 7.23. The van der Waals surface area contributed by atoms with E-state index < -0.39 is 5.60 Å². The standard InChI is InChI=1S/C17H25NO3/c1-13(2)21-18-15(11-14-9-7-6-8-10-14)12-16(19)20-17(3,4)5/h6-10,13H,11-12H2,1-5H3/b18-15+. The third kappa shape index (κ3) is 8.12. The van der Waals surface area contributed by atoms with Gasteiger partial charge in [-0.1, -0.05) is 35.5 Å². The lowest BCUT2D eigenvalue weighted by Gasteiger charge is -2.19. The highest BCUT2D eigenvalue weighted by Crippen LogP contribution is 2.11. The Balaban J connectivity index is 2.73. The molecule has 0 spiro atoms. The second-order valence-electron chi connectivity index (χ2n) is 6.24. The quantitative estimate of drug-likeness (QED) is 0.455. The Morgan fingerprint density at radius 2 is 1.81 bits per heavy atom. The van der Waals surface area contributed by atoms with Gasteiger partial charge in [-0.15, -0.1) is 0 Å². The zero-order chi connectivity index (χ0) is 15.9. The van der Waals surface area contributed by atoms with E-state index in [9.17, 15) is 4.79 Å². The smallest absolute Gasteiger partial charge is 0.312 e. The number of ether oxygens (including phenoxy) is 1. The van der Waals surface area contributed by atoms with E-state index in [1.54, 1.807) is 0 Å². The minimum Gasteiger partial charge on any atom is -0.460 e. The van der Waals surface area contributed by atoms with Gasteiger partial charge < -0.3 is 9.57 Å². The van der Waals surface area contributed by atoms with Crippen molar-refractivity contribution in [3.05, 3.63) is 35.9 Å². The van der Waals surface area contributed by atoms with Gasteiger partial charge in [0.2, 0.25) is 0 Å². The molecule has 0 heterocycles. The van der Waals surface area contributed by atoms with Crippen LogP contribution in [0.1, 0.15) is 46.6 Å². The van der Waals surface area contributed by atoms with Crippen LogP contribution in [0.4, 0.5) is 0 Å². The number of hydrogen-bond acceptors (Lipinski definition) is 4. The molecule has 0 saturated carbocycles. The largest absolute Gasteiger partial charge is 0.460 e. The number of carbonyl (C=O) groups excluding carboxylic acids is 1. The summed E-state index contributed by atoms with van der Waals surface area (Å²) >= 11 is 0. The van der Waals surface area contributed by atoms with Crippen LogP contribution in [0.3, 0.4) is 0 Å². The molecule has 21 heavy (non-hydrogen) atoms. The minimum atomic E-state index is -0.492. The fourth-order valence-electron chi connectivity index (χ4n) is 1.68. The van der Waals surface area contributed by atoms with Crippen molar-refractivity contribution in [1.29, 1.82) is 0 Å². The molecule has 0 atom stereocenters. The van der Waals surface area contributed by atoms with Crippen molar-refractivity contribution >= 4 is 11.7 Å². The fourth-order valence-corrected chi connectivity index (χ4v) is 1.68. The molecule has 0 radical (unpaired) electrons. The molecule has 0 aliphatic heterocycles. The number of oxime groups is 1. The molecule has 4 heteroatoms. The van der Waals surface area contributed by atoms with Gasteiger partial charge in [0.05, 0.1) is 12.1 Å². The summed E-state index contributed by atoms with van der Waals surface area (Å²) < 4.78 is 5.34. The summed E-state index contributed by atoms with van der Waals surface area (Å²) in [4.78, 5) is 17.2. The molecule has 0 bridgehead atoms. The molecule has 116 valence electrons. The van der Waals surface area contributed by atoms with Crippen molar-refractivity contribution in [3.8, 4) is 0 Å². The topological polar surface area (TPSA) is 47.9 Å². The van der Waals surface area contributed by atoms with Gasteiger partial charge in [-0.05, 0) is 40.2 Å². The number of nitrogens with zero attached hydrogens (tertiary/aromatic N) is 1. The summed E-state index contributed by atoms with van der Waals surface area (Å²) in [6, 6.07) is 9.88. The molecule has 1 aromatic carbocycles. The first-order valence-electron chi connectivity index (χ1n) is 7.23. The summed E-state index contributed by atoms with van der Waals surface area (Å²) in [6.45, 7) is 9.35. The molecule has 0 aliphatic rings. The van der Waals surface area contributed by atoms with Crippen LogP contribution >= 0.6 is 0 Å². The SMILES string of the molecule is CC(C)O/N=C(/CC(=O)OC(C)(C)C)Cc1ccccc1. The Morgan fingerprint density at radius 3 is 2.33 bits per heavy atom. The average molecular weight is 291 g/mol. The lowest BCUT2D eigenvalue weighted by Crippen LogP contribution is -2.26. The molecule has 1 aromatic rings. The molecule has 0 amide bonds. The predicted molar refractivity (Wildman–Crippen MR) is 84.3 cm³/mol. The molecular formula is C17H25NO3. The summed E-state index contributed by atoms with van der Waals surface area (Å²) in [5.74, 6) is -0.287. The third-order valence-corrected chi connectivity index (χ3v) is 2.41. The van der Waals surface area contributed by atoms with Crippen molar-refractivity contribution in [2.24, 2.45) is 5.16 Å². The van der Waals surface area contributed by atoms with Crippen molar-refractivity contribution < 1.29 is 14.4 Å². The summed E-state index contributed by atoms with van der Waals surface area (Å²) in [5.41, 5.74) is 1.27. The zero-order valence-electron chi connectivity index (χ0n) is 13.6. The maximum Gasteiger partial charge on any atom is 0.312 e. The van der Waals surface area contributed by atoms with Crippen LogP contribution in [0.2, 0.25) is 0 Å². The van der Waals surface area contributed by atoms with E-state index in [1.807, 2.05) is 65.0 Å². The van der Waals surface area contributed by atoms with Gasteiger partial charge in [0, 0.05) is 6.42 Å². The van der Waals surface area contributed by atoms with E-state index in [-0.39, 0.29) is 18.5 Å². The van der Waals surface area contributed by atoms with Crippen molar-refractivity contribution in [3.63, 3.8) is 0 Å². The van der Waals surface area contributed by atoms with Gasteiger partial charge >= 0.3 is 5.97 Å². The van der Waals surface area contributed by atoms with E-state index in [2.05, 4.69) is 5.16 Å². The van der Waals surface area contributed by atoms with Gasteiger partial charge in [0.15, 0.2) is 0 Å². The molecule has 0 saturated heterocycles. The molecule has 1 rings (SSSR count). The highest BCUT2D eigenvalue weighted by Gasteiger charge is 2.18.